The lowest BCUT2D eigenvalue weighted by atomic mass is 10.1. The molecule has 6 nitrogen and oxygen atoms in total. The van der Waals surface area contributed by atoms with Gasteiger partial charge in [0.15, 0.2) is 11.0 Å². The van der Waals surface area contributed by atoms with Crippen LogP contribution in [0.1, 0.15) is 11.1 Å². The molecule has 156 valence electrons. The maximum absolute atomic E-state index is 12.6. The zero-order valence-corrected chi connectivity index (χ0v) is 19.4. The summed E-state index contributed by atoms with van der Waals surface area (Å²) in [5.74, 6) is 0.801. The molecule has 2 aromatic carbocycles. The third-order valence-electron chi connectivity index (χ3n) is 4.85. The molecule has 0 atom stereocenters. The normalized spacial score (nSPS) is 10.8. The van der Waals surface area contributed by atoms with Crippen LogP contribution in [0, 0.1) is 13.8 Å². The van der Waals surface area contributed by atoms with Crippen LogP contribution in [-0.4, -0.2) is 31.4 Å². The molecule has 2 heterocycles. The minimum absolute atomic E-state index is 0.0908. The second kappa shape index (κ2) is 9.45. The number of amides is 1. The minimum atomic E-state index is -0.0908. The predicted molar refractivity (Wildman–Crippen MR) is 128 cm³/mol. The number of aromatic nitrogens is 4. The molecule has 0 aliphatic rings. The zero-order valence-electron chi connectivity index (χ0n) is 17.0. The minimum Gasteiger partial charge on any atom is -0.325 e. The number of hydrogen-bond acceptors (Lipinski definition) is 5. The number of nitrogens with zero attached hydrogens (tertiary/aromatic N) is 4. The molecular formula is C23H20BrN5OS. The highest BCUT2D eigenvalue weighted by Gasteiger charge is 2.18. The number of nitrogens with one attached hydrogen (secondary N) is 1. The van der Waals surface area contributed by atoms with E-state index in [0.29, 0.717) is 11.0 Å². The van der Waals surface area contributed by atoms with Crippen molar-refractivity contribution < 1.29 is 4.79 Å². The van der Waals surface area contributed by atoms with E-state index >= 15 is 0 Å². The monoisotopic (exact) mass is 493 g/mol. The van der Waals surface area contributed by atoms with Gasteiger partial charge in [-0.3, -0.25) is 14.3 Å². The van der Waals surface area contributed by atoms with Gasteiger partial charge in [-0.05, 0) is 67.4 Å². The molecule has 0 saturated carbocycles. The molecule has 1 N–H and O–H groups in total. The lowest BCUT2D eigenvalue weighted by Crippen LogP contribution is -2.15. The van der Waals surface area contributed by atoms with E-state index < -0.39 is 0 Å². The fraction of sp³-hybridized carbons (Fsp3) is 0.130. The molecule has 2 aromatic heterocycles. The predicted octanol–water partition coefficient (Wildman–Crippen LogP) is 5.44. The van der Waals surface area contributed by atoms with Crippen LogP contribution >= 0.6 is 27.7 Å². The van der Waals surface area contributed by atoms with E-state index in [1.807, 2.05) is 73.0 Å². The summed E-state index contributed by atoms with van der Waals surface area (Å²) < 4.78 is 2.92. The Kier molecular flexibility index (Phi) is 6.48. The van der Waals surface area contributed by atoms with Crippen LogP contribution in [-0.2, 0) is 4.79 Å². The summed E-state index contributed by atoms with van der Waals surface area (Å²) in [6.45, 7) is 4.03. The third-order valence-corrected chi connectivity index (χ3v) is 6.31. The van der Waals surface area contributed by atoms with E-state index in [0.717, 1.165) is 32.5 Å². The Balaban J connectivity index is 1.59. The van der Waals surface area contributed by atoms with Gasteiger partial charge in [-0.25, -0.2) is 0 Å². The Hall–Kier alpha value is -2.97. The van der Waals surface area contributed by atoms with Gasteiger partial charge in [0.25, 0.3) is 0 Å². The highest BCUT2D eigenvalue weighted by Crippen LogP contribution is 2.28. The van der Waals surface area contributed by atoms with Gasteiger partial charge in [0.2, 0.25) is 5.91 Å². The molecular weight excluding hydrogens is 474 g/mol. The van der Waals surface area contributed by atoms with Crippen molar-refractivity contribution in [1.29, 1.82) is 0 Å². The highest BCUT2D eigenvalue weighted by atomic mass is 79.9. The van der Waals surface area contributed by atoms with Crippen molar-refractivity contribution in [2.24, 2.45) is 0 Å². The molecule has 0 radical (unpaired) electrons. The molecule has 0 bridgehead atoms. The molecule has 0 spiro atoms. The van der Waals surface area contributed by atoms with Gasteiger partial charge < -0.3 is 5.32 Å². The second-order valence-corrected chi connectivity index (χ2v) is 8.80. The number of benzene rings is 2. The molecule has 0 fully saturated rings. The summed E-state index contributed by atoms with van der Waals surface area (Å²) in [6.07, 6.45) is 3.47. The Morgan fingerprint density at radius 2 is 1.87 bits per heavy atom. The van der Waals surface area contributed by atoms with Gasteiger partial charge in [-0.1, -0.05) is 39.8 Å². The van der Waals surface area contributed by atoms with Crippen LogP contribution in [0.15, 0.2) is 76.6 Å². The first-order valence-electron chi connectivity index (χ1n) is 9.63. The lowest BCUT2D eigenvalue weighted by molar-refractivity contribution is -0.113. The Bertz CT molecular complexity index is 1210. The maximum Gasteiger partial charge on any atom is 0.234 e. The molecule has 8 heteroatoms. The van der Waals surface area contributed by atoms with Crippen LogP contribution in [0.2, 0.25) is 0 Å². The zero-order chi connectivity index (χ0) is 21.8. The maximum atomic E-state index is 12.6. The van der Waals surface area contributed by atoms with Gasteiger partial charge in [-0.15, -0.1) is 10.2 Å². The smallest absolute Gasteiger partial charge is 0.234 e. The first-order chi connectivity index (χ1) is 15.0. The van der Waals surface area contributed by atoms with Gasteiger partial charge in [0.1, 0.15) is 0 Å². The molecule has 1 amide bonds. The van der Waals surface area contributed by atoms with Crippen LogP contribution in [0.3, 0.4) is 0 Å². The molecule has 0 unspecified atom stereocenters. The fourth-order valence-corrected chi connectivity index (χ4v) is 4.09. The molecule has 4 aromatic rings. The van der Waals surface area contributed by atoms with Gasteiger partial charge in [-0.2, -0.15) is 0 Å². The first-order valence-corrected chi connectivity index (χ1v) is 11.4. The number of aryl methyl sites for hydroxylation is 1. The van der Waals surface area contributed by atoms with Crippen molar-refractivity contribution in [3.63, 3.8) is 0 Å². The van der Waals surface area contributed by atoms with Crippen molar-refractivity contribution in [1.82, 2.24) is 19.7 Å². The Morgan fingerprint density at radius 1 is 1.06 bits per heavy atom. The topological polar surface area (TPSA) is 72.7 Å². The van der Waals surface area contributed by atoms with E-state index in [4.69, 9.17) is 0 Å². The largest absolute Gasteiger partial charge is 0.325 e. The van der Waals surface area contributed by atoms with Crippen LogP contribution < -0.4 is 5.32 Å². The van der Waals surface area contributed by atoms with E-state index in [-0.39, 0.29) is 11.7 Å². The molecule has 0 aliphatic heterocycles. The Labute approximate surface area is 193 Å². The van der Waals surface area contributed by atoms with Gasteiger partial charge >= 0.3 is 0 Å². The number of hydrogen-bond donors (Lipinski definition) is 1. The first kappa shape index (κ1) is 21.3. The van der Waals surface area contributed by atoms with Gasteiger partial charge in [0.05, 0.1) is 5.75 Å². The second-order valence-electron chi connectivity index (χ2n) is 6.94. The number of carbonyl (C=O) groups excluding carboxylic acids is 1. The fourth-order valence-electron chi connectivity index (χ4n) is 3.07. The van der Waals surface area contributed by atoms with Gasteiger partial charge in [0, 0.05) is 33.8 Å². The van der Waals surface area contributed by atoms with Crippen molar-refractivity contribution >= 4 is 39.3 Å². The molecule has 31 heavy (non-hydrogen) atoms. The average molecular weight is 494 g/mol. The molecule has 4 rings (SSSR count). The number of halogens is 1. The summed E-state index contributed by atoms with van der Waals surface area (Å²) >= 11 is 4.82. The molecule has 0 saturated heterocycles. The quantitative estimate of drug-likeness (QED) is 0.362. The van der Waals surface area contributed by atoms with Crippen molar-refractivity contribution in [2.75, 3.05) is 11.1 Å². The van der Waals surface area contributed by atoms with Crippen LogP contribution in [0.5, 0.6) is 0 Å². The van der Waals surface area contributed by atoms with Crippen molar-refractivity contribution in [3.8, 4) is 17.1 Å². The van der Waals surface area contributed by atoms with E-state index in [1.165, 1.54) is 11.8 Å². The number of rotatable bonds is 6. The average Bonchev–Trinajstić information content (AvgIpc) is 3.21. The van der Waals surface area contributed by atoms with E-state index in [9.17, 15) is 4.79 Å². The summed E-state index contributed by atoms with van der Waals surface area (Å²) in [7, 11) is 0. The lowest BCUT2D eigenvalue weighted by Gasteiger charge is -2.12. The third kappa shape index (κ3) is 4.86. The van der Waals surface area contributed by atoms with Crippen LogP contribution in [0.4, 0.5) is 5.69 Å². The standard InChI is InChI=1S/C23H20BrN5OS/c1-15-5-3-7-20(16(15)2)26-21(30)14-31-23-28-27-22(17-6-4-12-25-13-17)29(23)19-10-8-18(24)9-11-19/h3-13H,14H2,1-2H3,(H,26,30). The number of anilines is 1. The summed E-state index contributed by atoms with van der Waals surface area (Å²) in [5, 5.41) is 12.4. The summed E-state index contributed by atoms with van der Waals surface area (Å²) in [6, 6.07) is 17.6. The summed E-state index contributed by atoms with van der Waals surface area (Å²) in [4.78, 5) is 16.8. The highest BCUT2D eigenvalue weighted by molar-refractivity contribution is 9.10. The molecule has 0 aliphatic carbocycles. The summed E-state index contributed by atoms with van der Waals surface area (Å²) in [5.41, 5.74) is 4.80. The number of carbonyl (C=O) groups is 1. The van der Waals surface area contributed by atoms with E-state index in [1.54, 1.807) is 12.4 Å². The Morgan fingerprint density at radius 3 is 2.61 bits per heavy atom. The SMILES string of the molecule is Cc1cccc(NC(=O)CSc2nnc(-c3cccnc3)n2-c2ccc(Br)cc2)c1C. The number of pyridine rings is 1. The van der Waals surface area contributed by atoms with Crippen molar-refractivity contribution in [2.45, 2.75) is 19.0 Å². The van der Waals surface area contributed by atoms with E-state index in [2.05, 4.69) is 36.4 Å². The number of thioether (sulfide) groups is 1. The van der Waals surface area contributed by atoms with Crippen molar-refractivity contribution in [3.05, 3.63) is 82.6 Å². The van der Waals surface area contributed by atoms with Crippen LogP contribution in [0.25, 0.3) is 17.1 Å².